The molecule has 0 aliphatic heterocycles. The summed E-state index contributed by atoms with van der Waals surface area (Å²) in [6.45, 7) is 0. The van der Waals surface area contributed by atoms with E-state index in [1.807, 2.05) is 0 Å². The number of carbonyl (C=O) groups is 3. The molecule has 0 bridgehead atoms. The Hall–Kier alpha value is -4.98. The molecule has 4 rings (SSSR count). The first-order valence-electron chi connectivity index (χ1n) is 12.6. The highest BCUT2D eigenvalue weighted by atomic mass is 35.5. The fourth-order valence-electron chi connectivity index (χ4n) is 3.99. The summed E-state index contributed by atoms with van der Waals surface area (Å²) in [5, 5.41) is 28.3. The van der Waals surface area contributed by atoms with Crippen molar-refractivity contribution in [1.29, 1.82) is 0 Å². The van der Waals surface area contributed by atoms with Crippen LogP contribution in [0.5, 0.6) is 0 Å². The number of benzene rings is 4. The number of hydrogen-bond acceptors (Lipinski definition) is 7. The lowest BCUT2D eigenvalue weighted by Gasteiger charge is -2.16. The SMILES string of the molecule is O=C(Nc1ccc(S(=O)(=O)c2ccc([N+](=O)[O-])cc2)cc1)N[C@@H](Cc1ccc(NC(=O)c2c(Cl)cccc2Cl)cc1)C(=O)O. The van der Waals surface area contributed by atoms with Gasteiger partial charge in [0.1, 0.15) is 6.04 Å². The molecule has 15 heteroatoms. The second-order valence-corrected chi connectivity index (χ2v) is 12.0. The number of carboxylic acids is 1. The van der Waals surface area contributed by atoms with Gasteiger partial charge in [-0.15, -0.1) is 0 Å². The molecule has 44 heavy (non-hydrogen) atoms. The molecule has 12 nitrogen and oxygen atoms in total. The molecule has 4 N–H and O–H groups in total. The quantitative estimate of drug-likeness (QED) is 0.122. The average molecular weight is 657 g/mol. The van der Waals surface area contributed by atoms with Crippen molar-refractivity contribution in [2.75, 3.05) is 10.6 Å². The third-order valence-corrected chi connectivity index (χ3v) is 8.64. The minimum Gasteiger partial charge on any atom is -0.480 e. The predicted molar refractivity (Wildman–Crippen MR) is 163 cm³/mol. The van der Waals surface area contributed by atoms with E-state index in [1.54, 1.807) is 30.3 Å². The van der Waals surface area contributed by atoms with Crippen LogP contribution in [0.1, 0.15) is 15.9 Å². The zero-order valence-electron chi connectivity index (χ0n) is 22.4. The van der Waals surface area contributed by atoms with Gasteiger partial charge in [0.15, 0.2) is 0 Å². The second-order valence-electron chi connectivity index (χ2n) is 9.22. The van der Waals surface area contributed by atoms with Crippen LogP contribution in [0.3, 0.4) is 0 Å². The molecule has 0 fully saturated rings. The number of aliphatic carboxylic acids is 1. The molecule has 0 aliphatic rings. The van der Waals surface area contributed by atoms with Crippen LogP contribution >= 0.6 is 23.2 Å². The lowest BCUT2D eigenvalue weighted by Crippen LogP contribution is -2.44. The van der Waals surface area contributed by atoms with Crippen LogP contribution in [0.4, 0.5) is 21.9 Å². The molecule has 1 atom stereocenters. The van der Waals surface area contributed by atoms with E-state index in [-0.39, 0.29) is 43.2 Å². The summed E-state index contributed by atoms with van der Waals surface area (Å²) in [6, 6.07) is 18.3. The standard InChI is InChI=1S/C29H22Cl2N4O8S/c30-23-2-1-3-24(31)26(23)27(36)32-18-6-4-17(5-7-18)16-25(28(37)38)34-29(39)33-19-8-12-21(13-9-19)44(42,43)22-14-10-20(11-15-22)35(40)41/h1-15,25H,16H2,(H,32,36)(H,37,38)(H2,33,34,39)/t25-/m0/s1. The Morgan fingerprint density at radius 3 is 1.82 bits per heavy atom. The van der Waals surface area contributed by atoms with Crippen LogP contribution in [0.2, 0.25) is 10.0 Å². The van der Waals surface area contributed by atoms with Crippen LogP contribution in [0.15, 0.2) is 101 Å². The number of carboxylic acid groups (broad SMARTS) is 1. The van der Waals surface area contributed by atoms with E-state index in [0.717, 1.165) is 24.3 Å². The van der Waals surface area contributed by atoms with Crippen molar-refractivity contribution in [2.45, 2.75) is 22.3 Å². The van der Waals surface area contributed by atoms with Gasteiger partial charge in [-0.05, 0) is 66.2 Å². The van der Waals surface area contributed by atoms with Gasteiger partial charge in [-0.25, -0.2) is 18.0 Å². The maximum Gasteiger partial charge on any atom is 0.326 e. The Labute approximate surface area is 260 Å². The van der Waals surface area contributed by atoms with Gasteiger partial charge in [0.2, 0.25) is 9.84 Å². The lowest BCUT2D eigenvalue weighted by molar-refractivity contribution is -0.384. The Morgan fingerprint density at radius 1 is 0.795 bits per heavy atom. The Kier molecular flexibility index (Phi) is 9.83. The first kappa shape index (κ1) is 31.9. The fraction of sp³-hybridized carbons (Fsp3) is 0.0690. The molecule has 0 unspecified atom stereocenters. The molecular weight excluding hydrogens is 635 g/mol. The van der Waals surface area contributed by atoms with Crippen molar-refractivity contribution >= 4 is 68.0 Å². The van der Waals surface area contributed by atoms with Gasteiger partial charge >= 0.3 is 12.0 Å². The number of nitrogens with one attached hydrogen (secondary N) is 3. The maximum absolute atomic E-state index is 12.8. The van der Waals surface area contributed by atoms with E-state index < -0.39 is 38.7 Å². The lowest BCUT2D eigenvalue weighted by atomic mass is 10.1. The summed E-state index contributed by atoms with van der Waals surface area (Å²) in [7, 11) is -3.98. The van der Waals surface area contributed by atoms with Crippen molar-refractivity contribution in [1.82, 2.24) is 5.32 Å². The third kappa shape index (κ3) is 7.69. The fourth-order valence-corrected chi connectivity index (χ4v) is 5.82. The Balaban J connectivity index is 1.36. The monoisotopic (exact) mass is 656 g/mol. The molecule has 226 valence electrons. The molecule has 4 aromatic carbocycles. The van der Waals surface area contributed by atoms with Crippen LogP contribution in [-0.4, -0.2) is 42.4 Å². The first-order valence-corrected chi connectivity index (χ1v) is 14.8. The van der Waals surface area contributed by atoms with E-state index in [0.29, 0.717) is 11.3 Å². The Bertz CT molecular complexity index is 1810. The van der Waals surface area contributed by atoms with Crippen molar-refractivity contribution in [3.63, 3.8) is 0 Å². The van der Waals surface area contributed by atoms with Gasteiger partial charge in [0.25, 0.3) is 11.6 Å². The van der Waals surface area contributed by atoms with Crippen molar-refractivity contribution < 1.29 is 32.8 Å². The minimum absolute atomic E-state index is 0.0836. The molecule has 0 saturated carbocycles. The number of non-ortho nitro benzene ring substituents is 1. The number of nitro groups is 1. The number of rotatable bonds is 10. The topological polar surface area (TPSA) is 185 Å². The van der Waals surface area contributed by atoms with E-state index in [9.17, 15) is 38.0 Å². The normalized spacial score (nSPS) is 11.7. The summed E-state index contributed by atoms with van der Waals surface area (Å²) in [6.07, 6.45) is -0.0836. The number of nitrogens with zero attached hydrogens (tertiary/aromatic N) is 1. The predicted octanol–water partition coefficient (Wildman–Crippen LogP) is 5.80. The molecule has 0 aliphatic carbocycles. The number of nitro benzene ring substituents is 1. The summed E-state index contributed by atoms with van der Waals surface area (Å²) >= 11 is 12.1. The molecule has 0 spiro atoms. The van der Waals surface area contributed by atoms with Gasteiger partial charge in [-0.1, -0.05) is 41.4 Å². The van der Waals surface area contributed by atoms with Crippen molar-refractivity contribution in [3.8, 4) is 0 Å². The molecule has 0 heterocycles. The van der Waals surface area contributed by atoms with Gasteiger partial charge in [0.05, 0.1) is 30.3 Å². The molecule has 0 aromatic heterocycles. The van der Waals surface area contributed by atoms with E-state index >= 15 is 0 Å². The Morgan fingerprint density at radius 2 is 1.30 bits per heavy atom. The van der Waals surface area contributed by atoms with Crippen LogP contribution in [0.25, 0.3) is 0 Å². The molecule has 4 aromatic rings. The molecule has 0 saturated heterocycles. The molecule has 3 amide bonds. The smallest absolute Gasteiger partial charge is 0.326 e. The highest BCUT2D eigenvalue weighted by molar-refractivity contribution is 7.91. The largest absolute Gasteiger partial charge is 0.480 e. The van der Waals surface area contributed by atoms with E-state index in [4.69, 9.17) is 23.2 Å². The number of sulfone groups is 1. The highest BCUT2D eigenvalue weighted by Crippen LogP contribution is 2.26. The first-order chi connectivity index (χ1) is 20.8. The van der Waals surface area contributed by atoms with Crippen molar-refractivity contribution in [3.05, 3.63) is 122 Å². The zero-order valence-corrected chi connectivity index (χ0v) is 24.7. The van der Waals surface area contributed by atoms with Crippen LogP contribution in [0, 0.1) is 10.1 Å². The van der Waals surface area contributed by atoms with E-state index in [2.05, 4.69) is 16.0 Å². The van der Waals surface area contributed by atoms with Crippen LogP contribution in [-0.2, 0) is 21.1 Å². The number of halogens is 2. The van der Waals surface area contributed by atoms with Gasteiger partial charge < -0.3 is 21.1 Å². The summed E-state index contributed by atoms with van der Waals surface area (Å²) in [5.74, 6) is -1.82. The number of anilines is 2. The number of hydrogen-bond donors (Lipinski definition) is 4. The zero-order chi connectivity index (χ0) is 32.0. The third-order valence-electron chi connectivity index (χ3n) is 6.23. The summed E-state index contributed by atoms with van der Waals surface area (Å²) in [5.41, 5.74) is 1.00. The van der Waals surface area contributed by atoms with Crippen LogP contribution < -0.4 is 16.0 Å². The average Bonchev–Trinajstić information content (AvgIpc) is 2.98. The second kappa shape index (κ2) is 13.5. The van der Waals surface area contributed by atoms with Gasteiger partial charge in [0, 0.05) is 29.9 Å². The number of urea groups is 1. The molecular formula is C29H22Cl2N4O8S. The minimum atomic E-state index is -3.98. The van der Waals surface area contributed by atoms with Gasteiger partial charge in [-0.3, -0.25) is 14.9 Å². The maximum atomic E-state index is 12.8. The van der Waals surface area contributed by atoms with Gasteiger partial charge in [-0.2, -0.15) is 0 Å². The van der Waals surface area contributed by atoms with Crippen molar-refractivity contribution in [2.24, 2.45) is 0 Å². The van der Waals surface area contributed by atoms with E-state index in [1.165, 1.54) is 36.4 Å². The number of carbonyl (C=O) groups excluding carboxylic acids is 2. The number of amides is 3. The molecule has 0 radical (unpaired) electrons. The highest BCUT2D eigenvalue weighted by Gasteiger charge is 2.22. The summed E-state index contributed by atoms with van der Waals surface area (Å²) < 4.78 is 25.7. The summed E-state index contributed by atoms with van der Waals surface area (Å²) in [4.78, 5) is 46.9.